The second-order valence-corrected chi connectivity index (χ2v) is 8.88. The number of aromatic amines is 1. The zero-order valence-corrected chi connectivity index (χ0v) is 19.5. The fourth-order valence-electron chi connectivity index (χ4n) is 3.31. The Morgan fingerprint density at radius 3 is 2.75 bits per heavy atom. The predicted molar refractivity (Wildman–Crippen MR) is 128 cm³/mol. The van der Waals surface area contributed by atoms with Crippen LogP contribution < -0.4 is 5.56 Å². The summed E-state index contributed by atoms with van der Waals surface area (Å²) in [6, 6.07) is 9.98. The van der Waals surface area contributed by atoms with E-state index in [0.29, 0.717) is 33.3 Å². The van der Waals surface area contributed by atoms with Crippen LogP contribution in [0.15, 0.2) is 46.6 Å². The van der Waals surface area contributed by atoms with Crippen LogP contribution in [0.5, 0.6) is 0 Å². The van der Waals surface area contributed by atoms with Gasteiger partial charge < -0.3 is 9.88 Å². The topological polar surface area (TPSA) is 83.9 Å². The van der Waals surface area contributed by atoms with Crippen LogP contribution >= 0.6 is 22.9 Å². The molecule has 32 heavy (non-hydrogen) atoms. The molecule has 1 amide bonds. The van der Waals surface area contributed by atoms with Gasteiger partial charge in [0.25, 0.3) is 5.56 Å². The van der Waals surface area contributed by atoms with Crippen molar-refractivity contribution in [3.63, 3.8) is 0 Å². The van der Waals surface area contributed by atoms with Gasteiger partial charge in [0.1, 0.15) is 15.7 Å². The van der Waals surface area contributed by atoms with Crippen molar-refractivity contribution in [2.45, 2.75) is 26.9 Å². The molecule has 0 spiro atoms. The molecule has 9 heteroatoms. The third-order valence-electron chi connectivity index (χ3n) is 5.08. The summed E-state index contributed by atoms with van der Waals surface area (Å²) in [5.41, 5.74) is 4.16. The number of aromatic nitrogens is 4. The van der Waals surface area contributed by atoms with Crippen LogP contribution in [0.1, 0.15) is 28.2 Å². The number of nitrogens with zero attached hydrogens (tertiary/aromatic N) is 4. The number of aryl methyl sites for hydroxylation is 2. The molecule has 4 aromatic rings. The zero-order valence-electron chi connectivity index (χ0n) is 17.9. The molecular formula is C23H22ClN5O2S. The van der Waals surface area contributed by atoms with Gasteiger partial charge in [-0.1, -0.05) is 41.4 Å². The maximum atomic E-state index is 12.6. The third kappa shape index (κ3) is 4.66. The molecule has 0 unspecified atom stereocenters. The van der Waals surface area contributed by atoms with Crippen molar-refractivity contribution in [1.82, 2.24) is 24.6 Å². The van der Waals surface area contributed by atoms with E-state index in [2.05, 4.69) is 15.1 Å². The summed E-state index contributed by atoms with van der Waals surface area (Å²) >= 11 is 7.88. The summed E-state index contributed by atoms with van der Waals surface area (Å²) in [5.74, 6) is 0.199. The van der Waals surface area contributed by atoms with Gasteiger partial charge in [0.15, 0.2) is 0 Å². The number of H-pyrrole nitrogens is 1. The van der Waals surface area contributed by atoms with Crippen molar-refractivity contribution in [3.8, 4) is 0 Å². The van der Waals surface area contributed by atoms with Crippen LogP contribution in [0.2, 0.25) is 5.15 Å². The number of hydrogen-bond acceptors (Lipinski definition) is 5. The van der Waals surface area contributed by atoms with Gasteiger partial charge in [0.05, 0.1) is 24.3 Å². The highest BCUT2D eigenvalue weighted by Gasteiger charge is 2.14. The molecule has 0 bridgehead atoms. The van der Waals surface area contributed by atoms with Crippen molar-refractivity contribution >= 4 is 45.1 Å². The van der Waals surface area contributed by atoms with Crippen LogP contribution in [-0.2, 0) is 17.9 Å². The summed E-state index contributed by atoms with van der Waals surface area (Å²) in [6.45, 7) is 4.63. The van der Waals surface area contributed by atoms with Crippen molar-refractivity contribution < 1.29 is 4.79 Å². The van der Waals surface area contributed by atoms with Gasteiger partial charge in [-0.3, -0.25) is 9.59 Å². The Kier molecular flexibility index (Phi) is 6.25. The van der Waals surface area contributed by atoms with Crippen LogP contribution in [0.25, 0.3) is 16.3 Å². The highest BCUT2D eigenvalue weighted by atomic mass is 35.5. The smallest absolute Gasteiger partial charge is 0.268 e. The second-order valence-electron chi connectivity index (χ2n) is 7.61. The Morgan fingerprint density at radius 2 is 2.00 bits per heavy atom. The van der Waals surface area contributed by atoms with E-state index in [1.54, 1.807) is 23.9 Å². The van der Waals surface area contributed by atoms with E-state index in [0.717, 1.165) is 11.3 Å². The highest BCUT2D eigenvalue weighted by Crippen LogP contribution is 2.22. The standard InChI is InChI=1S/C23H22ClN5O2S/c1-14-4-6-16(7-5-14)12-29-22(24)17(15(2)27-29)8-9-20(30)28(3)13-19-25-18-10-11-32-21(18)23(31)26-19/h4-11H,12-13H2,1-3H3,(H,25,26,31)/b9-8+. The normalized spacial score (nSPS) is 11.5. The van der Waals surface area contributed by atoms with Crippen LogP contribution in [-0.4, -0.2) is 37.6 Å². The molecule has 0 aliphatic heterocycles. The molecule has 0 saturated carbocycles. The molecule has 0 radical (unpaired) electrons. The summed E-state index contributed by atoms with van der Waals surface area (Å²) < 4.78 is 2.30. The minimum atomic E-state index is -0.236. The van der Waals surface area contributed by atoms with E-state index in [-0.39, 0.29) is 18.0 Å². The first-order chi connectivity index (χ1) is 15.3. The van der Waals surface area contributed by atoms with Crippen LogP contribution in [0, 0.1) is 13.8 Å². The first-order valence-corrected chi connectivity index (χ1v) is 11.3. The Labute approximate surface area is 194 Å². The molecular weight excluding hydrogens is 446 g/mol. The molecule has 0 atom stereocenters. The van der Waals surface area contributed by atoms with Crippen molar-refractivity contribution in [2.24, 2.45) is 0 Å². The summed E-state index contributed by atoms with van der Waals surface area (Å²) in [7, 11) is 1.65. The van der Waals surface area contributed by atoms with Gasteiger partial charge in [-0.15, -0.1) is 11.3 Å². The molecule has 0 saturated heterocycles. The number of fused-ring (bicyclic) bond motifs is 1. The fraction of sp³-hybridized carbons (Fsp3) is 0.217. The van der Waals surface area contributed by atoms with Crippen molar-refractivity contribution in [3.05, 3.63) is 85.5 Å². The summed E-state index contributed by atoms with van der Waals surface area (Å²) in [6.07, 6.45) is 3.13. The van der Waals surface area contributed by atoms with Crippen molar-refractivity contribution in [2.75, 3.05) is 7.05 Å². The first kappa shape index (κ1) is 22.0. The van der Waals surface area contributed by atoms with Gasteiger partial charge in [0, 0.05) is 18.7 Å². The van der Waals surface area contributed by atoms with Gasteiger partial charge in [-0.2, -0.15) is 5.10 Å². The zero-order chi connectivity index (χ0) is 22.8. The van der Waals surface area contributed by atoms with Gasteiger partial charge in [-0.05, 0) is 36.9 Å². The van der Waals surface area contributed by atoms with E-state index < -0.39 is 0 Å². The number of carbonyl (C=O) groups is 1. The molecule has 3 aromatic heterocycles. The lowest BCUT2D eigenvalue weighted by atomic mass is 10.1. The molecule has 7 nitrogen and oxygen atoms in total. The number of carbonyl (C=O) groups excluding carboxylic acids is 1. The molecule has 1 aromatic carbocycles. The molecule has 3 heterocycles. The SMILES string of the molecule is Cc1ccc(Cn2nc(C)c(/C=C/C(=O)N(C)Cc3nc4ccsc4c(=O)[nH]3)c2Cl)cc1. The van der Waals surface area contributed by atoms with E-state index in [4.69, 9.17) is 11.6 Å². The molecule has 1 N–H and O–H groups in total. The molecule has 0 aliphatic carbocycles. The Bertz CT molecular complexity index is 1370. The van der Waals surface area contributed by atoms with Gasteiger partial charge in [-0.25, -0.2) is 9.67 Å². The van der Waals surface area contributed by atoms with E-state index >= 15 is 0 Å². The lowest BCUT2D eigenvalue weighted by molar-refractivity contribution is -0.125. The number of thiophene rings is 1. The number of hydrogen-bond donors (Lipinski definition) is 1. The number of benzene rings is 1. The predicted octanol–water partition coefficient (Wildman–Crippen LogP) is 4.17. The Balaban J connectivity index is 1.47. The quantitative estimate of drug-likeness (QED) is 0.431. The number of halogens is 1. The lowest BCUT2D eigenvalue weighted by Gasteiger charge is -2.14. The molecule has 0 fully saturated rings. The largest absolute Gasteiger partial charge is 0.335 e. The first-order valence-electron chi connectivity index (χ1n) is 10.00. The summed E-state index contributed by atoms with van der Waals surface area (Å²) in [5, 5.41) is 6.81. The maximum absolute atomic E-state index is 12.6. The molecule has 164 valence electrons. The Morgan fingerprint density at radius 1 is 1.25 bits per heavy atom. The van der Waals surface area contributed by atoms with E-state index in [1.165, 1.54) is 27.9 Å². The summed E-state index contributed by atoms with van der Waals surface area (Å²) in [4.78, 5) is 33.4. The number of nitrogens with one attached hydrogen (secondary N) is 1. The van der Waals surface area contributed by atoms with Crippen molar-refractivity contribution in [1.29, 1.82) is 0 Å². The number of rotatable bonds is 6. The van der Waals surface area contributed by atoms with Gasteiger partial charge in [0.2, 0.25) is 5.91 Å². The van der Waals surface area contributed by atoms with Gasteiger partial charge >= 0.3 is 0 Å². The minimum Gasteiger partial charge on any atom is -0.335 e. The number of amides is 1. The highest BCUT2D eigenvalue weighted by molar-refractivity contribution is 7.17. The van der Waals surface area contributed by atoms with Crippen LogP contribution in [0.3, 0.4) is 0 Å². The average Bonchev–Trinajstić information content (AvgIpc) is 3.33. The van der Waals surface area contributed by atoms with Crippen LogP contribution in [0.4, 0.5) is 0 Å². The lowest BCUT2D eigenvalue weighted by Crippen LogP contribution is -2.26. The monoisotopic (exact) mass is 467 g/mol. The molecule has 4 rings (SSSR count). The number of likely N-dealkylation sites (N-methyl/N-ethyl adjacent to an activating group) is 1. The van der Waals surface area contributed by atoms with E-state index in [9.17, 15) is 9.59 Å². The fourth-order valence-corrected chi connectivity index (χ4v) is 4.33. The second kappa shape index (κ2) is 9.10. The minimum absolute atomic E-state index is 0.184. The third-order valence-corrected chi connectivity index (χ3v) is 6.38. The Hall–Kier alpha value is -3.23. The average molecular weight is 468 g/mol. The maximum Gasteiger partial charge on any atom is 0.268 e. The molecule has 0 aliphatic rings. The van der Waals surface area contributed by atoms with E-state index in [1.807, 2.05) is 43.5 Å².